The van der Waals surface area contributed by atoms with Crippen LogP contribution in [0.3, 0.4) is 0 Å². The van der Waals surface area contributed by atoms with Gasteiger partial charge in [-0.3, -0.25) is 9.69 Å². The number of likely N-dealkylation sites (tertiary alicyclic amines) is 1. The molecule has 0 bridgehead atoms. The van der Waals surface area contributed by atoms with Crippen LogP contribution in [0.5, 0.6) is 5.75 Å². The monoisotopic (exact) mass is 498 g/mol. The largest absolute Gasteiger partial charge is 0.490 e. The average Bonchev–Trinajstić information content (AvgIpc) is 3.42. The van der Waals surface area contributed by atoms with Gasteiger partial charge in [-0.2, -0.15) is 0 Å². The van der Waals surface area contributed by atoms with Gasteiger partial charge in [-0.15, -0.1) is 0 Å². The first-order valence-electron chi connectivity index (χ1n) is 12.6. The second-order valence-corrected chi connectivity index (χ2v) is 9.56. The third-order valence-electron chi connectivity index (χ3n) is 6.62. The third kappa shape index (κ3) is 6.43. The maximum Gasteiger partial charge on any atom is 0.253 e. The predicted octanol–water partition coefficient (Wildman–Crippen LogP) is 5.53. The van der Waals surface area contributed by atoms with Crippen LogP contribution < -0.4 is 4.74 Å². The molecule has 6 nitrogen and oxygen atoms in total. The van der Waals surface area contributed by atoms with Gasteiger partial charge in [-0.25, -0.2) is 9.37 Å². The summed E-state index contributed by atoms with van der Waals surface area (Å²) in [7, 11) is 2.07. The molecule has 3 aromatic carbocycles. The molecule has 0 aliphatic carbocycles. The number of halogens is 1. The topological polar surface area (TPSA) is 61.5 Å². The summed E-state index contributed by atoms with van der Waals surface area (Å²) in [5.41, 5.74) is 3.39. The summed E-state index contributed by atoms with van der Waals surface area (Å²) < 4.78 is 19.9. The number of aromatic nitrogens is 2. The Bertz CT molecular complexity index is 1330. The highest BCUT2D eigenvalue weighted by Gasteiger charge is 2.25. The lowest BCUT2D eigenvalue weighted by Gasteiger charge is -2.32. The number of carbonyl (C=O) groups is 1. The summed E-state index contributed by atoms with van der Waals surface area (Å²) in [6.45, 7) is 2.81. The molecule has 1 aliphatic rings. The van der Waals surface area contributed by atoms with Crippen molar-refractivity contribution in [3.8, 4) is 16.9 Å². The van der Waals surface area contributed by atoms with Crippen molar-refractivity contribution in [1.29, 1.82) is 0 Å². The minimum absolute atomic E-state index is 0.00158. The van der Waals surface area contributed by atoms with Gasteiger partial charge in [0.2, 0.25) is 0 Å². The van der Waals surface area contributed by atoms with Gasteiger partial charge in [-0.05, 0) is 60.1 Å². The van der Waals surface area contributed by atoms with E-state index in [2.05, 4.69) is 34.0 Å². The van der Waals surface area contributed by atoms with E-state index >= 15 is 0 Å². The number of ether oxygens (including phenoxy) is 1. The van der Waals surface area contributed by atoms with E-state index in [9.17, 15) is 9.18 Å². The van der Waals surface area contributed by atoms with Crippen molar-refractivity contribution in [2.45, 2.75) is 32.0 Å². The first kappa shape index (κ1) is 24.7. The highest BCUT2D eigenvalue weighted by Crippen LogP contribution is 2.24. The molecule has 7 heteroatoms. The summed E-state index contributed by atoms with van der Waals surface area (Å²) in [5.74, 6) is 1.51. The van der Waals surface area contributed by atoms with Crippen molar-refractivity contribution < 1.29 is 13.9 Å². The number of nitrogens with one attached hydrogen (secondary N) is 1. The maximum atomic E-state index is 13.7. The highest BCUT2D eigenvalue weighted by molar-refractivity contribution is 5.95. The summed E-state index contributed by atoms with van der Waals surface area (Å²) in [4.78, 5) is 24.7. The average molecular weight is 499 g/mol. The molecule has 0 saturated carbocycles. The zero-order valence-corrected chi connectivity index (χ0v) is 20.9. The molecule has 37 heavy (non-hydrogen) atoms. The molecule has 0 radical (unpaired) electrons. The van der Waals surface area contributed by atoms with Crippen LogP contribution in [0.15, 0.2) is 85.2 Å². The van der Waals surface area contributed by atoms with E-state index in [0.717, 1.165) is 48.6 Å². The molecular weight excluding hydrogens is 467 g/mol. The van der Waals surface area contributed by atoms with Crippen molar-refractivity contribution >= 4 is 5.91 Å². The predicted molar refractivity (Wildman–Crippen MR) is 142 cm³/mol. The van der Waals surface area contributed by atoms with Crippen molar-refractivity contribution in [3.05, 3.63) is 108 Å². The fraction of sp³-hybridized carbons (Fsp3) is 0.267. The zero-order valence-electron chi connectivity index (χ0n) is 20.9. The number of carbonyl (C=O) groups excluding carboxylic acids is 1. The van der Waals surface area contributed by atoms with Crippen LogP contribution >= 0.6 is 0 Å². The molecule has 2 heterocycles. The van der Waals surface area contributed by atoms with E-state index in [0.29, 0.717) is 18.7 Å². The van der Waals surface area contributed by atoms with Crippen molar-refractivity contribution in [2.75, 3.05) is 20.1 Å². The molecule has 190 valence electrons. The lowest BCUT2D eigenvalue weighted by molar-refractivity contribution is 0.0595. The Morgan fingerprint density at radius 1 is 1.03 bits per heavy atom. The molecular formula is C30H31FN4O2. The molecule has 1 aliphatic heterocycles. The van der Waals surface area contributed by atoms with Crippen molar-refractivity contribution in [1.82, 2.24) is 19.8 Å². The molecule has 0 atom stereocenters. The van der Waals surface area contributed by atoms with Gasteiger partial charge in [0.15, 0.2) is 0 Å². The minimum Gasteiger partial charge on any atom is -0.490 e. The first-order chi connectivity index (χ1) is 18.0. The van der Waals surface area contributed by atoms with Gasteiger partial charge >= 0.3 is 0 Å². The van der Waals surface area contributed by atoms with Crippen LogP contribution in [0.25, 0.3) is 11.1 Å². The highest BCUT2D eigenvalue weighted by atomic mass is 19.1. The summed E-state index contributed by atoms with van der Waals surface area (Å²) in [6, 6.07) is 22.0. The number of H-pyrrole nitrogens is 1. The van der Waals surface area contributed by atoms with E-state index in [1.54, 1.807) is 12.3 Å². The number of rotatable bonds is 8. The van der Waals surface area contributed by atoms with E-state index in [4.69, 9.17) is 4.74 Å². The van der Waals surface area contributed by atoms with E-state index in [1.807, 2.05) is 53.6 Å². The van der Waals surface area contributed by atoms with E-state index in [1.165, 1.54) is 17.7 Å². The zero-order chi connectivity index (χ0) is 25.6. The lowest BCUT2D eigenvalue weighted by Crippen LogP contribution is -2.41. The standard InChI is InChI=1S/C30H31FN4O2/c1-34(21-29-32-13-14-33-29)20-22-5-2-10-28(17-22)37-27-11-15-35(16-12-27)30(36)25-8-3-6-23(18-25)24-7-4-9-26(31)19-24/h2-10,13-14,17-19,27H,11-12,15-16,20-21H2,1H3,(H,32,33). The molecule has 5 rings (SSSR count). The molecule has 1 fully saturated rings. The Kier molecular flexibility index (Phi) is 7.61. The lowest BCUT2D eigenvalue weighted by atomic mass is 10.0. The number of benzene rings is 3. The molecule has 1 aromatic heterocycles. The minimum atomic E-state index is -0.289. The number of imidazole rings is 1. The molecule has 0 spiro atoms. The molecule has 0 unspecified atom stereocenters. The van der Waals surface area contributed by atoms with Crippen LogP contribution in [0, 0.1) is 5.82 Å². The summed E-state index contributed by atoms with van der Waals surface area (Å²) >= 11 is 0. The number of amides is 1. The van der Waals surface area contributed by atoms with Gasteiger partial charge < -0.3 is 14.6 Å². The Morgan fingerprint density at radius 2 is 1.78 bits per heavy atom. The quantitative estimate of drug-likeness (QED) is 0.347. The van der Waals surface area contributed by atoms with E-state index in [-0.39, 0.29) is 17.8 Å². The van der Waals surface area contributed by atoms with Crippen LogP contribution in [0.1, 0.15) is 34.6 Å². The molecule has 4 aromatic rings. The van der Waals surface area contributed by atoms with Crippen LogP contribution in [0.2, 0.25) is 0 Å². The van der Waals surface area contributed by atoms with E-state index < -0.39 is 0 Å². The van der Waals surface area contributed by atoms with Gasteiger partial charge in [-0.1, -0.05) is 36.4 Å². The Labute approximate surface area is 216 Å². The normalized spacial score (nSPS) is 14.2. The van der Waals surface area contributed by atoms with Gasteiger partial charge in [0.1, 0.15) is 23.5 Å². The summed E-state index contributed by atoms with van der Waals surface area (Å²) in [5, 5.41) is 0. The molecule has 1 N–H and O–H groups in total. The fourth-order valence-electron chi connectivity index (χ4n) is 4.78. The molecule has 1 amide bonds. The SMILES string of the molecule is CN(Cc1cccc(OC2CCN(C(=O)c3cccc(-c4cccc(F)c4)c3)CC2)c1)Cc1ncc[nH]1. The summed E-state index contributed by atoms with van der Waals surface area (Å²) in [6.07, 6.45) is 5.22. The number of hydrogen-bond donors (Lipinski definition) is 1. The van der Waals surface area contributed by atoms with Gasteiger partial charge in [0.05, 0.1) is 6.54 Å². The fourth-order valence-corrected chi connectivity index (χ4v) is 4.78. The Morgan fingerprint density at radius 3 is 2.54 bits per heavy atom. The van der Waals surface area contributed by atoms with Crippen LogP contribution in [-0.4, -0.2) is 51.9 Å². The Hall–Kier alpha value is -3.97. The number of piperidine rings is 1. The van der Waals surface area contributed by atoms with Crippen LogP contribution in [0.4, 0.5) is 4.39 Å². The smallest absolute Gasteiger partial charge is 0.253 e. The third-order valence-corrected chi connectivity index (χ3v) is 6.62. The number of aromatic amines is 1. The maximum absolute atomic E-state index is 13.7. The number of hydrogen-bond acceptors (Lipinski definition) is 4. The van der Waals surface area contributed by atoms with Crippen molar-refractivity contribution in [2.24, 2.45) is 0 Å². The van der Waals surface area contributed by atoms with Gasteiger partial charge in [0, 0.05) is 50.4 Å². The van der Waals surface area contributed by atoms with Crippen LogP contribution in [-0.2, 0) is 13.1 Å². The second kappa shape index (κ2) is 11.4. The van der Waals surface area contributed by atoms with Crippen molar-refractivity contribution in [3.63, 3.8) is 0 Å². The Balaban J connectivity index is 1.15. The second-order valence-electron chi connectivity index (χ2n) is 9.56. The first-order valence-corrected chi connectivity index (χ1v) is 12.6. The molecule has 1 saturated heterocycles. The van der Waals surface area contributed by atoms with Gasteiger partial charge in [0.25, 0.3) is 5.91 Å². The number of nitrogens with zero attached hydrogens (tertiary/aromatic N) is 3.